The number of nitrogens with zero attached hydrogens (tertiary/aromatic N) is 3. The number of sulfone groups is 1. The van der Waals surface area contributed by atoms with E-state index in [1.165, 1.54) is 17.4 Å². The summed E-state index contributed by atoms with van der Waals surface area (Å²) >= 11 is 1.50. The van der Waals surface area contributed by atoms with Crippen LogP contribution in [-0.4, -0.2) is 50.5 Å². The van der Waals surface area contributed by atoms with Gasteiger partial charge in [-0.1, -0.05) is 12.1 Å². The van der Waals surface area contributed by atoms with Crippen molar-refractivity contribution >= 4 is 27.0 Å². The molecule has 0 saturated carbocycles. The first kappa shape index (κ1) is 27.3. The van der Waals surface area contributed by atoms with Gasteiger partial charge in [0.15, 0.2) is 9.84 Å². The Hall–Kier alpha value is -3.28. The smallest absolute Gasteiger partial charge is 0.185 e. The van der Waals surface area contributed by atoms with Gasteiger partial charge in [0.1, 0.15) is 28.2 Å². The summed E-state index contributed by atoms with van der Waals surface area (Å²) in [6.45, 7) is 1.87. The molecule has 1 N–H and O–H groups in total. The number of anilines is 1. The van der Waals surface area contributed by atoms with E-state index in [4.69, 9.17) is 4.98 Å². The Kier molecular flexibility index (Phi) is 7.75. The van der Waals surface area contributed by atoms with E-state index in [0.29, 0.717) is 17.6 Å². The number of benzene rings is 2. The van der Waals surface area contributed by atoms with Gasteiger partial charge in [0.05, 0.1) is 21.3 Å². The highest BCUT2D eigenvalue weighted by Gasteiger charge is 2.28. The Balaban J connectivity index is 1.59. The molecule has 5 rings (SSSR count). The number of piperidine rings is 1. The van der Waals surface area contributed by atoms with Gasteiger partial charge in [-0.2, -0.15) is 0 Å². The number of pyridine rings is 1. The van der Waals surface area contributed by atoms with Gasteiger partial charge in [0.2, 0.25) is 0 Å². The Morgan fingerprint density at radius 1 is 1.08 bits per heavy atom. The third-order valence-corrected chi connectivity index (χ3v) is 9.84. The lowest BCUT2D eigenvalue weighted by atomic mass is 9.98. The minimum atomic E-state index is -4.37. The Labute approximate surface area is 229 Å². The van der Waals surface area contributed by atoms with Gasteiger partial charge in [-0.3, -0.25) is 0 Å². The van der Waals surface area contributed by atoms with E-state index in [0.717, 1.165) is 53.5 Å². The minimum absolute atomic E-state index is 0.149. The Bertz CT molecular complexity index is 1620. The first-order valence-electron chi connectivity index (χ1n) is 12.5. The van der Waals surface area contributed by atoms with E-state index in [9.17, 15) is 17.2 Å². The molecule has 0 unspecified atom stereocenters. The number of hydrogen-bond donors (Lipinski definition) is 1. The molecule has 0 bridgehead atoms. The van der Waals surface area contributed by atoms with Gasteiger partial charge in [-0.05, 0) is 74.9 Å². The summed E-state index contributed by atoms with van der Waals surface area (Å²) in [6.07, 6.45) is 3.52. The zero-order chi connectivity index (χ0) is 27.7. The van der Waals surface area contributed by atoms with Crippen LogP contribution in [0.5, 0.6) is 0 Å². The molecule has 0 atom stereocenters. The summed E-state index contributed by atoms with van der Waals surface area (Å²) in [7, 11) is -0.533. The fourth-order valence-corrected chi connectivity index (χ4v) is 7.42. The first-order valence-corrected chi connectivity index (χ1v) is 14.9. The summed E-state index contributed by atoms with van der Waals surface area (Å²) in [5.41, 5.74) is 1.22. The molecule has 0 radical (unpaired) electrons. The van der Waals surface area contributed by atoms with Crippen molar-refractivity contribution in [2.45, 2.75) is 29.4 Å². The van der Waals surface area contributed by atoms with Crippen molar-refractivity contribution in [3.8, 4) is 21.7 Å². The Morgan fingerprint density at radius 2 is 1.85 bits per heavy atom. The van der Waals surface area contributed by atoms with Gasteiger partial charge < -0.3 is 10.2 Å². The molecule has 2 aromatic heterocycles. The minimum Gasteiger partial charge on any atom is -0.373 e. The second-order valence-electron chi connectivity index (χ2n) is 9.60. The molecule has 39 heavy (non-hydrogen) atoms. The third-order valence-electron chi connectivity index (χ3n) is 6.90. The molecule has 3 heterocycles. The molecule has 0 amide bonds. The predicted octanol–water partition coefficient (Wildman–Crippen LogP) is 6.11. The van der Waals surface area contributed by atoms with E-state index in [-0.39, 0.29) is 17.0 Å². The highest BCUT2D eigenvalue weighted by molar-refractivity contribution is 7.90. The lowest BCUT2D eigenvalue weighted by molar-refractivity contribution is 0.255. The molecular weight excluding hydrogens is 545 g/mol. The predicted molar refractivity (Wildman–Crippen MR) is 147 cm³/mol. The first-order chi connectivity index (χ1) is 18.7. The summed E-state index contributed by atoms with van der Waals surface area (Å²) in [6, 6.07) is 10.3. The van der Waals surface area contributed by atoms with E-state index >= 15 is 4.39 Å². The van der Waals surface area contributed by atoms with Crippen molar-refractivity contribution in [3.63, 3.8) is 0 Å². The maximum atomic E-state index is 16.0. The van der Waals surface area contributed by atoms with Crippen LogP contribution >= 0.6 is 11.3 Å². The second-order valence-corrected chi connectivity index (χ2v) is 12.6. The van der Waals surface area contributed by atoms with Crippen LogP contribution in [0.15, 0.2) is 59.6 Å². The normalized spacial score (nSPS) is 15.0. The largest absolute Gasteiger partial charge is 0.373 e. The number of rotatable bonds is 7. The molecule has 2 aromatic carbocycles. The number of nitrogens with one attached hydrogen (secondary N) is 1. The highest BCUT2D eigenvalue weighted by Crippen LogP contribution is 2.43. The second kappa shape index (κ2) is 11.1. The Morgan fingerprint density at radius 3 is 2.59 bits per heavy atom. The maximum absolute atomic E-state index is 16.0. The summed E-state index contributed by atoms with van der Waals surface area (Å²) < 4.78 is 69.9. The average molecular weight is 573 g/mol. The number of aromatic nitrogens is 2. The molecule has 1 saturated heterocycles. The van der Waals surface area contributed by atoms with Crippen molar-refractivity contribution < 1.29 is 21.6 Å². The molecule has 4 aromatic rings. The van der Waals surface area contributed by atoms with Gasteiger partial charge >= 0.3 is 0 Å². The average Bonchev–Trinajstić information content (AvgIpc) is 3.37. The van der Waals surface area contributed by atoms with Crippen LogP contribution in [0.25, 0.3) is 21.7 Å². The van der Waals surface area contributed by atoms with Crippen LogP contribution in [0.2, 0.25) is 0 Å². The summed E-state index contributed by atoms with van der Waals surface area (Å²) in [5, 5.41) is 3.91. The van der Waals surface area contributed by atoms with Crippen molar-refractivity contribution in [2.75, 3.05) is 32.5 Å². The molecule has 1 aliphatic rings. The zero-order valence-corrected chi connectivity index (χ0v) is 23.1. The molecule has 1 aliphatic heterocycles. The standard InChI is InChI=1S/C28H27F3N4O2S2/c1-32-24-14-18(8-11-33-24)27-26(34-28(38-27)17-9-12-35(2)13-10-17)21-5-3-4-19(25(21)31)16-39(36,37)23-15-20(29)6-7-22(23)30/h3-8,11,14-15,17H,9-10,12-13,16H2,1-2H3,(H,32,33). The van der Waals surface area contributed by atoms with E-state index < -0.39 is 37.9 Å². The van der Waals surface area contributed by atoms with E-state index in [1.807, 2.05) is 12.1 Å². The monoisotopic (exact) mass is 572 g/mol. The SMILES string of the molecule is CNc1cc(-c2sc(C3CCN(C)CC3)nc2-c2cccc(CS(=O)(=O)c3cc(F)ccc3F)c2F)ccn1. The van der Waals surface area contributed by atoms with Crippen LogP contribution in [0.4, 0.5) is 19.0 Å². The quantitative estimate of drug-likeness (QED) is 0.288. The molecule has 0 aliphatic carbocycles. The van der Waals surface area contributed by atoms with Crippen molar-refractivity contribution in [1.82, 2.24) is 14.9 Å². The fourth-order valence-electron chi connectivity index (χ4n) is 4.73. The lowest BCUT2D eigenvalue weighted by Crippen LogP contribution is -2.29. The van der Waals surface area contributed by atoms with Crippen molar-refractivity contribution in [3.05, 3.63) is 82.8 Å². The highest BCUT2D eigenvalue weighted by atomic mass is 32.2. The third kappa shape index (κ3) is 5.70. The van der Waals surface area contributed by atoms with Crippen molar-refractivity contribution in [2.24, 2.45) is 0 Å². The fraction of sp³-hybridized carbons (Fsp3) is 0.286. The molecule has 1 fully saturated rings. The zero-order valence-electron chi connectivity index (χ0n) is 21.4. The summed E-state index contributed by atoms with van der Waals surface area (Å²) in [4.78, 5) is 11.4. The lowest BCUT2D eigenvalue weighted by Gasteiger charge is -2.27. The van der Waals surface area contributed by atoms with Crippen molar-refractivity contribution in [1.29, 1.82) is 0 Å². The maximum Gasteiger partial charge on any atom is 0.185 e. The molecular formula is C28H27F3N4O2S2. The van der Waals surface area contributed by atoms with Gasteiger partial charge in [0, 0.05) is 30.3 Å². The topological polar surface area (TPSA) is 75.2 Å². The van der Waals surface area contributed by atoms with Gasteiger partial charge in [0.25, 0.3) is 0 Å². The van der Waals surface area contributed by atoms with Crippen LogP contribution < -0.4 is 5.32 Å². The van der Waals surface area contributed by atoms with E-state index in [2.05, 4.69) is 22.2 Å². The van der Waals surface area contributed by atoms with Gasteiger partial charge in [-0.15, -0.1) is 11.3 Å². The van der Waals surface area contributed by atoms with Crippen LogP contribution in [0.1, 0.15) is 29.3 Å². The number of hydrogen-bond acceptors (Lipinski definition) is 7. The van der Waals surface area contributed by atoms with Crippen LogP contribution in [0.3, 0.4) is 0 Å². The van der Waals surface area contributed by atoms with Gasteiger partial charge in [-0.25, -0.2) is 31.6 Å². The number of likely N-dealkylation sites (tertiary alicyclic amines) is 1. The molecule has 204 valence electrons. The molecule has 11 heteroatoms. The van der Waals surface area contributed by atoms with Crippen LogP contribution in [-0.2, 0) is 15.6 Å². The molecule has 0 spiro atoms. The van der Waals surface area contributed by atoms with Crippen LogP contribution in [0, 0.1) is 17.5 Å². The number of halogens is 3. The number of thiazole rings is 1. The summed E-state index contributed by atoms with van der Waals surface area (Å²) in [5.74, 6) is -2.70. The molecule has 6 nitrogen and oxygen atoms in total. The van der Waals surface area contributed by atoms with E-state index in [1.54, 1.807) is 25.4 Å².